The second-order valence-corrected chi connectivity index (χ2v) is 4.94. The van der Waals surface area contributed by atoms with Crippen LogP contribution < -0.4 is 5.17 Å². The van der Waals surface area contributed by atoms with Crippen LogP contribution in [0.15, 0.2) is 29.4 Å². The fourth-order valence-corrected chi connectivity index (χ4v) is 2.04. The molecule has 1 atom stereocenters. The molecule has 0 fully saturated rings. The van der Waals surface area contributed by atoms with Crippen molar-refractivity contribution in [3.8, 4) is 0 Å². The molecule has 18 heavy (non-hydrogen) atoms. The molecule has 2 rings (SSSR count). The highest BCUT2D eigenvalue weighted by Crippen LogP contribution is 2.23. The van der Waals surface area contributed by atoms with E-state index in [1.807, 2.05) is 30.5 Å². The number of anilines is 1. The van der Waals surface area contributed by atoms with Crippen molar-refractivity contribution in [2.45, 2.75) is 45.1 Å². The monoisotopic (exact) mass is 266 g/mol. The number of halogens is 1. The third-order valence-electron chi connectivity index (χ3n) is 2.96. The lowest BCUT2D eigenvalue weighted by Gasteiger charge is -2.15. The maximum atomic E-state index is 5.85. The van der Waals surface area contributed by atoms with Gasteiger partial charge in [0.1, 0.15) is 6.10 Å². The van der Waals surface area contributed by atoms with Gasteiger partial charge in [-0.3, -0.25) is 0 Å². The Labute approximate surface area is 113 Å². The van der Waals surface area contributed by atoms with Gasteiger partial charge in [-0.2, -0.15) is 5.10 Å². The molecule has 0 N–H and O–H groups in total. The summed E-state index contributed by atoms with van der Waals surface area (Å²) in [6.07, 6.45) is 8.04. The van der Waals surface area contributed by atoms with Crippen LogP contribution in [0.2, 0.25) is 5.02 Å². The van der Waals surface area contributed by atoms with Crippen molar-refractivity contribution in [1.82, 2.24) is 0 Å². The Balaban J connectivity index is 1.78. The van der Waals surface area contributed by atoms with Crippen molar-refractivity contribution < 1.29 is 4.84 Å². The maximum absolute atomic E-state index is 5.85. The molecule has 1 aliphatic heterocycles. The van der Waals surface area contributed by atoms with Crippen molar-refractivity contribution in [1.29, 1.82) is 0 Å². The van der Waals surface area contributed by atoms with Crippen LogP contribution >= 0.6 is 11.6 Å². The molecule has 0 saturated heterocycles. The lowest BCUT2D eigenvalue weighted by Crippen LogP contribution is -2.17. The summed E-state index contributed by atoms with van der Waals surface area (Å²) in [6, 6.07) is 7.48. The third kappa shape index (κ3) is 3.72. The van der Waals surface area contributed by atoms with E-state index in [9.17, 15) is 0 Å². The Kier molecular flexibility index (Phi) is 5.02. The molecule has 0 spiro atoms. The smallest absolute Gasteiger partial charge is 0.125 e. The minimum absolute atomic E-state index is 0.109. The summed E-state index contributed by atoms with van der Waals surface area (Å²) in [5.74, 6) is 0. The molecule has 1 aliphatic rings. The second kappa shape index (κ2) is 6.76. The Morgan fingerprint density at radius 3 is 2.72 bits per heavy atom. The average Bonchev–Trinajstić information content (AvgIpc) is 2.84. The van der Waals surface area contributed by atoms with E-state index in [0.717, 1.165) is 17.1 Å². The van der Waals surface area contributed by atoms with E-state index in [0.29, 0.717) is 0 Å². The van der Waals surface area contributed by atoms with Crippen LogP contribution in [0.1, 0.15) is 39.0 Å². The normalized spacial score (nSPS) is 18.6. The standard InChI is InChI=1S/C14H19ClN2O/c1-2-3-4-5-6-14-11-16-17(18-14)13-9-7-12(15)8-10-13/h7-11,14H,2-6H2,1H3. The zero-order valence-electron chi connectivity index (χ0n) is 10.7. The predicted octanol–water partition coefficient (Wildman–Crippen LogP) is 4.42. The third-order valence-corrected chi connectivity index (χ3v) is 3.21. The van der Waals surface area contributed by atoms with Gasteiger partial charge >= 0.3 is 0 Å². The molecular formula is C14H19ClN2O. The van der Waals surface area contributed by atoms with E-state index in [-0.39, 0.29) is 6.10 Å². The molecule has 4 heteroatoms. The molecule has 3 nitrogen and oxygen atoms in total. The molecule has 0 aromatic heterocycles. The van der Waals surface area contributed by atoms with Crippen LogP contribution in [0.5, 0.6) is 0 Å². The van der Waals surface area contributed by atoms with E-state index < -0.39 is 0 Å². The summed E-state index contributed by atoms with van der Waals surface area (Å²) in [5.41, 5.74) is 0.909. The zero-order chi connectivity index (χ0) is 12.8. The van der Waals surface area contributed by atoms with Crippen LogP contribution in [0.3, 0.4) is 0 Å². The van der Waals surface area contributed by atoms with Gasteiger partial charge in [0.05, 0.1) is 11.9 Å². The largest absolute Gasteiger partial charge is 0.243 e. The number of hydrogen-bond acceptors (Lipinski definition) is 3. The molecule has 0 radical (unpaired) electrons. The van der Waals surface area contributed by atoms with Gasteiger partial charge in [0.2, 0.25) is 0 Å². The van der Waals surface area contributed by atoms with Crippen molar-refractivity contribution in [3.05, 3.63) is 29.3 Å². The molecule has 1 aromatic carbocycles. The van der Waals surface area contributed by atoms with Gasteiger partial charge in [-0.1, -0.05) is 44.2 Å². The molecule has 0 amide bonds. The topological polar surface area (TPSA) is 24.8 Å². The van der Waals surface area contributed by atoms with Gasteiger partial charge in [0.15, 0.2) is 0 Å². The number of hydrazone groups is 1. The Bertz CT molecular complexity index is 391. The van der Waals surface area contributed by atoms with E-state index in [1.54, 1.807) is 5.17 Å². The molecule has 1 unspecified atom stereocenters. The maximum Gasteiger partial charge on any atom is 0.125 e. The molecule has 0 aliphatic carbocycles. The minimum Gasteiger partial charge on any atom is -0.243 e. The summed E-state index contributed by atoms with van der Waals surface area (Å²) < 4.78 is 0. The van der Waals surface area contributed by atoms with Crippen molar-refractivity contribution >= 4 is 23.5 Å². The quantitative estimate of drug-likeness (QED) is 0.712. The lowest BCUT2D eigenvalue weighted by atomic mass is 10.1. The Morgan fingerprint density at radius 2 is 2.00 bits per heavy atom. The number of benzene rings is 1. The van der Waals surface area contributed by atoms with Gasteiger partial charge < -0.3 is 0 Å². The van der Waals surface area contributed by atoms with E-state index in [2.05, 4.69) is 12.0 Å². The van der Waals surface area contributed by atoms with Crippen LogP contribution in [-0.2, 0) is 4.84 Å². The van der Waals surface area contributed by atoms with Crippen molar-refractivity contribution in [2.24, 2.45) is 5.10 Å². The molecule has 0 bridgehead atoms. The predicted molar refractivity (Wildman–Crippen MR) is 76.1 cm³/mol. The Hall–Kier alpha value is -1.06. The summed E-state index contributed by atoms with van der Waals surface area (Å²) in [6.45, 7) is 2.22. The second-order valence-electron chi connectivity index (χ2n) is 4.51. The lowest BCUT2D eigenvalue weighted by molar-refractivity contribution is 0.0911. The van der Waals surface area contributed by atoms with Gasteiger partial charge in [-0.05, 0) is 30.7 Å². The number of rotatable bonds is 6. The SMILES string of the molecule is CCCCCCC1C=NN(c2ccc(Cl)cc2)O1. The van der Waals surface area contributed by atoms with Gasteiger partial charge in [0.25, 0.3) is 0 Å². The Morgan fingerprint density at radius 1 is 1.22 bits per heavy atom. The first-order valence-electron chi connectivity index (χ1n) is 6.56. The summed E-state index contributed by atoms with van der Waals surface area (Å²) in [4.78, 5) is 5.74. The first kappa shape index (κ1) is 13.4. The molecule has 98 valence electrons. The molecular weight excluding hydrogens is 248 g/mol. The minimum atomic E-state index is 0.109. The van der Waals surface area contributed by atoms with Gasteiger partial charge in [-0.25, -0.2) is 4.84 Å². The van der Waals surface area contributed by atoms with Crippen molar-refractivity contribution in [3.63, 3.8) is 0 Å². The molecule has 1 heterocycles. The zero-order valence-corrected chi connectivity index (χ0v) is 11.4. The number of unbranched alkanes of at least 4 members (excludes halogenated alkanes) is 3. The van der Waals surface area contributed by atoms with E-state index in [4.69, 9.17) is 16.4 Å². The van der Waals surface area contributed by atoms with E-state index >= 15 is 0 Å². The summed E-state index contributed by atoms with van der Waals surface area (Å²) in [5, 5.41) is 6.55. The highest BCUT2D eigenvalue weighted by molar-refractivity contribution is 6.30. The summed E-state index contributed by atoms with van der Waals surface area (Å²) in [7, 11) is 0. The van der Waals surface area contributed by atoms with Gasteiger partial charge in [-0.15, -0.1) is 5.17 Å². The van der Waals surface area contributed by atoms with Crippen LogP contribution in [-0.4, -0.2) is 12.3 Å². The molecule has 0 saturated carbocycles. The van der Waals surface area contributed by atoms with Crippen LogP contribution in [0.4, 0.5) is 5.69 Å². The van der Waals surface area contributed by atoms with Crippen LogP contribution in [0.25, 0.3) is 0 Å². The first-order valence-corrected chi connectivity index (χ1v) is 6.94. The van der Waals surface area contributed by atoms with E-state index in [1.165, 1.54) is 25.7 Å². The molecule has 1 aromatic rings. The van der Waals surface area contributed by atoms with Gasteiger partial charge in [0, 0.05) is 5.02 Å². The fourth-order valence-electron chi connectivity index (χ4n) is 1.91. The number of hydrogen-bond donors (Lipinski definition) is 0. The highest BCUT2D eigenvalue weighted by Gasteiger charge is 2.19. The van der Waals surface area contributed by atoms with Crippen molar-refractivity contribution in [2.75, 3.05) is 5.17 Å². The number of nitrogens with zero attached hydrogens (tertiary/aromatic N) is 2. The first-order chi connectivity index (χ1) is 8.79. The average molecular weight is 267 g/mol. The highest BCUT2D eigenvalue weighted by atomic mass is 35.5. The van der Waals surface area contributed by atoms with Crippen LogP contribution in [0, 0.1) is 0 Å². The fraction of sp³-hybridized carbons (Fsp3) is 0.500. The summed E-state index contributed by atoms with van der Waals surface area (Å²) >= 11 is 5.85.